The minimum Gasteiger partial charge on any atom is -0.356 e. The maximum absolute atomic E-state index is 12.1. The number of fused-ring (bicyclic) bond motifs is 1. The Kier molecular flexibility index (Phi) is 4.25. The molecule has 1 amide bonds. The number of amides is 1. The number of carbonyl (C=O) groups excluding carboxylic acids is 1. The van der Waals surface area contributed by atoms with E-state index >= 15 is 0 Å². The number of nitrogens with zero attached hydrogens (tertiary/aromatic N) is 1. The summed E-state index contributed by atoms with van der Waals surface area (Å²) in [5, 5.41) is 7.61. The topological polar surface area (TPSA) is 46.1 Å². The molecule has 2 aromatic rings. The van der Waals surface area contributed by atoms with Gasteiger partial charge in [0.05, 0.1) is 5.92 Å². The minimum atomic E-state index is 0.136. The van der Waals surface area contributed by atoms with Crippen molar-refractivity contribution in [3.05, 3.63) is 36.5 Å². The van der Waals surface area contributed by atoms with Gasteiger partial charge in [-0.1, -0.05) is 25.1 Å². The highest BCUT2D eigenvalue weighted by molar-refractivity contribution is 5.80. The van der Waals surface area contributed by atoms with Crippen molar-refractivity contribution in [2.24, 2.45) is 11.8 Å². The maximum Gasteiger partial charge on any atom is 0.224 e. The van der Waals surface area contributed by atoms with E-state index in [9.17, 15) is 4.79 Å². The summed E-state index contributed by atoms with van der Waals surface area (Å²) in [7, 11) is 0. The molecule has 1 aromatic carbocycles. The summed E-state index contributed by atoms with van der Waals surface area (Å²) in [6.07, 6.45) is 3.08. The van der Waals surface area contributed by atoms with Gasteiger partial charge in [0.2, 0.25) is 5.91 Å². The molecule has 1 aliphatic rings. The van der Waals surface area contributed by atoms with Crippen LogP contribution in [0.2, 0.25) is 0 Å². The van der Waals surface area contributed by atoms with Crippen LogP contribution in [0, 0.1) is 11.8 Å². The molecule has 0 bridgehead atoms. The van der Waals surface area contributed by atoms with Crippen LogP contribution in [0.25, 0.3) is 10.9 Å². The molecule has 4 heteroatoms. The average Bonchev–Trinajstić information content (AvgIpc) is 3.10. The van der Waals surface area contributed by atoms with Gasteiger partial charge in [0.1, 0.15) is 0 Å². The van der Waals surface area contributed by atoms with Crippen LogP contribution in [0.3, 0.4) is 0 Å². The fourth-order valence-corrected chi connectivity index (χ4v) is 3.09. The van der Waals surface area contributed by atoms with Crippen LogP contribution >= 0.6 is 0 Å². The van der Waals surface area contributed by atoms with E-state index in [1.165, 1.54) is 10.9 Å². The Balaban J connectivity index is 1.47. The first-order chi connectivity index (χ1) is 10.3. The number of para-hydroxylation sites is 1. The molecule has 3 rings (SSSR count). The van der Waals surface area contributed by atoms with Crippen LogP contribution < -0.4 is 10.6 Å². The van der Waals surface area contributed by atoms with E-state index < -0.39 is 0 Å². The molecular formula is C17H23N3O. The number of benzene rings is 1. The summed E-state index contributed by atoms with van der Waals surface area (Å²) < 4.78 is 2.25. The summed E-state index contributed by atoms with van der Waals surface area (Å²) >= 11 is 0. The molecule has 1 saturated heterocycles. The molecule has 1 fully saturated rings. The first kappa shape index (κ1) is 14.1. The van der Waals surface area contributed by atoms with Gasteiger partial charge in [0.15, 0.2) is 0 Å². The number of aromatic nitrogens is 1. The molecule has 0 radical (unpaired) electrons. The average molecular weight is 285 g/mol. The highest BCUT2D eigenvalue weighted by Gasteiger charge is 2.28. The molecule has 0 saturated carbocycles. The van der Waals surface area contributed by atoms with Crippen molar-refractivity contribution in [3.8, 4) is 0 Å². The fraction of sp³-hybridized carbons (Fsp3) is 0.471. The lowest BCUT2D eigenvalue weighted by molar-refractivity contribution is -0.125. The van der Waals surface area contributed by atoms with Crippen LogP contribution in [0.5, 0.6) is 0 Å². The first-order valence-corrected chi connectivity index (χ1v) is 7.78. The van der Waals surface area contributed by atoms with Crippen molar-refractivity contribution in [2.45, 2.75) is 19.9 Å². The Hall–Kier alpha value is -1.81. The van der Waals surface area contributed by atoms with Gasteiger partial charge in [-0.25, -0.2) is 0 Å². The van der Waals surface area contributed by atoms with Crippen molar-refractivity contribution in [2.75, 3.05) is 19.6 Å². The second kappa shape index (κ2) is 6.31. The standard InChI is InChI=1S/C17H23N3O/c1-13-11-18-12-15(13)17(21)19-8-4-9-20-10-7-14-5-2-3-6-16(14)20/h2-3,5-7,10,13,15,18H,4,8-9,11-12H2,1H3,(H,19,21). The Bertz CT molecular complexity index is 619. The zero-order chi connectivity index (χ0) is 14.7. The van der Waals surface area contributed by atoms with Gasteiger partial charge in [0.25, 0.3) is 0 Å². The number of aryl methyl sites for hydroxylation is 1. The molecule has 0 aliphatic carbocycles. The minimum absolute atomic E-state index is 0.136. The zero-order valence-corrected chi connectivity index (χ0v) is 12.5. The third-order valence-electron chi connectivity index (χ3n) is 4.41. The Morgan fingerprint density at radius 3 is 3.00 bits per heavy atom. The summed E-state index contributed by atoms with van der Waals surface area (Å²) in [5.41, 5.74) is 1.26. The lowest BCUT2D eigenvalue weighted by atomic mass is 9.97. The van der Waals surface area contributed by atoms with Crippen molar-refractivity contribution in [3.63, 3.8) is 0 Å². The maximum atomic E-state index is 12.1. The lowest BCUT2D eigenvalue weighted by Gasteiger charge is -2.14. The molecule has 21 heavy (non-hydrogen) atoms. The van der Waals surface area contributed by atoms with E-state index in [1.54, 1.807) is 0 Å². The van der Waals surface area contributed by atoms with E-state index in [1.807, 2.05) is 0 Å². The number of hydrogen-bond donors (Lipinski definition) is 2. The molecule has 0 spiro atoms. The molecule has 112 valence electrons. The number of carbonyl (C=O) groups is 1. The summed E-state index contributed by atoms with van der Waals surface area (Å²) in [6.45, 7) is 5.58. The third-order valence-corrected chi connectivity index (χ3v) is 4.41. The molecule has 2 atom stereocenters. The molecule has 2 unspecified atom stereocenters. The van der Waals surface area contributed by atoms with Gasteiger partial charge in [0, 0.05) is 31.3 Å². The largest absolute Gasteiger partial charge is 0.356 e. The van der Waals surface area contributed by atoms with E-state index in [-0.39, 0.29) is 11.8 Å². The molecule has 4 nitrogen and oxygen atoms in total. The van der Waals surface area contributed by atoms with Crippen LogP contribution in [-0.2, 0) is 11.3 Å². The molecular weight excluding hydrogens is 262 g/mol. The van der Waals surface area contributed by atoms with E-state index in [0.717, 1.165) is 32.6 Å². The fourth-order valence-electron chi connectivity index (χ4n) is 3.09. The van der Waals surface area contributed by atoms with Gasteiger partial charge in [-0.3, -0.25) is 4.79 Å². The highest BCUT2D eigenvalue weighted by atomic mass is 16.1. The first-order valence-electron chi connectivity index (χ1n) is 7.78. The molecule has 1 aromatic heterocycles. The lowest BCUT2D eigenvalue weighted by Crippen LogP contribution is -2.35. The summed E-state index contributed by atoms with van der Waals surface area (Å²) in [4.78, 5) is 12.1. The molecule has 2 heterocycles. The van der Waals surface area contributed by atoms with Crippen molar-refractivity contribution < 1.29 is 4.79 Å². The Morgan fingerprint density at radius 2 is 2.19 bits per heavy atom. The van der Waals surface area contributed by atoms with Gasteiger partial charge >= 0.3 is 0 Å². The predicted octanol–water partition coefficient (Wildman–Crippen LogP) is 2.00. The summed E-state index contributed by atoms with van der Waals surface area (Å²) in [6, 6.07) is 10.5. The smallest absolute Gasteiger partial charge is 0.224 e. The molecule has 2 N–H and O–H groups in total. The van der Waals surface area contributed by atoms with Crippen molar-refractivity contribution in [1.82, 2.24) is 15.2 Å². The third kappa shape index (κ3) is 3.10. The second-order valence-electron chi connectivity index (χ2n) is 5.95. The highest BCUT2D eigenvalue weighted by Crippen LogP contribution is 2.16. The van der Waals surface area contributed by atoms with Crippen molar-refractivity contribution >= 4 is 16.8 Å². The monoisotopic (exact) mass is 285 g/mol. The van der Waals surface area contributed by atoms with Gasteiger partial charge in [-0.05, 0) is 36.4 Å². The Labute approximate surface area is 125 Å². The van der Waals surface area contributed by atoms with E-state index in [2.05, 4.69) is 58.7 Å². The SMILES string of the molecule is CC1CNCC1C(=O)NCCCn1ccc2ccccc21. The van der Waals surface area contributed by atoms with Crippen LogP contribution in [-0.4, -0.2) is 30.1 Å². The Morgan fingerprint density at radius 1 is 1.33 bits per heavy atom. The van der Waals surface area contributed by atoms with Crippen molar-refractivity contribution in [1.29, 1.82) is 0 Å². The van der Waals surface area contributed by atoms with Crippen LogP contribution in [0.1, 0.15) is 13.3 Å². The van der Waals surface area contributed by atoms with Crippen LogP contribution in [0.15, 0.2) is 36.5 Å². The van der Waals surface area contributed by atoms with Crippen LogP contribution in [0.4, 0.5) is 0 Å². The predicted molar refractivity (Wildman–Crippen MR) is 85.1 cm³/mol. The quantitative estimate of drug-likeness (QED) is 0.825. The normalized spacial score (nSPS) is 21.8. The summed E-state index contributed by atoms with van der Waals surface area (Å²) in [5.74, 6) is 0.778. The van der Waals surface area contributed by atoms with E-state index in [4.69, 9.17) is 0 Å². The number of rotatable bonds is 5. The number of nitrogens with one attached hydrogen (secondary N) is 2. The van der Waals surface area contributed by atoms with E-state index in [0.29, 0.717) is 5.92 Å². The van der Waals surface area contributed by atoms with Gasteiger partial charge < -0.3 is 15.2 Å². The van der Waals surface area contributed by atoms with Gasteiger partial charge in [-0.2, -0.15) is 0 Å². The van der Waals surface area contributed by atoms with Gasteiger partial charge in [-0.15, -0.1) is 0 Å². The second-order valence-corrected chi connectivity index (χ2v) is 5.95. The molecule has 1 aliphatic heterocycles. The number of hydrogen-bond acceptors (Lipinski definition) is 2. The zero-order valence-electron chi connectivity index (χ0n) is 12.5.